The highest BCUT2D eigenvalue weighted by Crippen LogP contribution is 2.18. The number of aliphatic hydroxyl groups excluding tert-OH is 2. The lowest BCUT2D eigenvalue weighted by molar-refractivity contribution is -0.144. The number of hydrogen-bond acceptors (Lipinski definition) is 9. The van der Waals surface area contributed by atoms with Gasteiger partial charge < -0.3 is 34.8 Å². The molecule has 2 unspecified atom stereocenters. The summed E-state index contributed by atoms with van der Waals surface area (Å²) in [5, 5.41) is 26.1. The number of rotatable bonds is 74. The van der Waals surface area contributed by atoms with E-state index in [1.807, 2.05) is 0 Å². The van der Waals surface area contributed by atoms with Gasteiger partial charge in [-0.25, -0.2) is 0 Å². The number of nitrogens with zero attached hydrogens (tertiary/aromatic N) is 2. The van der Waals surface area contributed by atoms with Gasteiger partial charge in [-0.1, -0.05) is 329 Å². The lowest BCUT2D eigenvalue weighted by atomic mass is 10.0. The molecule has 0 bridgehead atoms. The van der Waals surface area contributed by atoms with Crippen LogP contribution in [-0.2, 0) is 19.1 Å². The predicted octanol–water partition coefficient (Wildman–Crippen LogP) is 21.7. The van der Waals surface area contributed by atoms with Crippen molar-refractivity contribution in [2.24, 2.45) is 0 Å². The van der Waals surface area contributed by atoms with Crippen molar-refractivity contribution >= 4 is 11.9 Å². The molecule has 0 amide bonds. The van der Waals surface area contributed by atoms with Gasteiger partial charge >= 0.3 is 11.9 Å². The molecule has 0 aliphatic heterocycles. The maximum Gasteiger partial charge on any atom is 0.305 e. The van der Waals surface area contributed by atoms with Crippen molar-refractivity contribution in [1.29, 1.82) is 0 Å². The van der Waals surface area contributed by atoms with Crippen LogP contribution >= 0.6 is 0 Å². The zero-order valence-electron chi connectivity index (χ0n) is 58.2. The molecule has 0 aromatic rings. The lowest BCUT2D eigenvalue weighted by Gasteiger charge is -2.27. The van der Waals surface area contributed by atoms with Crippen LogP contribution in [0.1, 0.15) is 400 Å². The largest absolute Gasteiger partial charge is 0.466 e. The number of carbonyl (C=O) groups is 2. The zero-order chi connectivity index (χ0) is 61.7. The van der Waals surface area contributed by atoms with E-state index in [2.05, 4.69) is 42.8 Å². The van der Waals surface area contributed by atoms with Gasteiger partial charge in [0, 0.05) is 32.5 Å². The summed E-state index contributed by atoms with van der Waals surface area (Å²) in [4.78, 5) is 30.0. The maximum atomic E-state index is 12.5. The van der Waals surface area contributed by atoms with Gasteiger partial charge in [-0.2, -0.15) is 0 Å². The molecule has 0 spiro atoms. The minimum atomic E-state index is -0.452. The van der Waals surface area contributed by atoms with Crippen molar-refractivity contribution in [2.75, 3.05) is 65.6 Å². The summed E-state index contributed by atoms with van der Waals surface area (Å²) in [7, 11) is 0. The van der Waals surface area contributed by atoms with Crippen LogP contribution in [0.2, 0.25) is 0 Å². The van der Waals surface area contributed by atoms with Gasteiger partial charge in [-0.15, -0.1) is 0 Å². The van der Waals surface area contributed by atoms with Crippen LogP contribution in [0.5, 0.6) is 0 Å². The molecule has 0 aliphatic rings. The molecular formula is C76H153N3O6. The summed E-state index contributed by atoms with van der Waals surface area (Å²) in [5.41, 5.74) is 0. The monoisotopic (exact) mass is 1200 g/mol. The number of esters is 2. The standard InChI is InChI=1S/C76H153N3O6/c1-5-9-13-17-21-25-29-33-37-41-45-49-58-69-85-76(83)62-59-63-77-70-74(81)72-79(65-54-47-43-39-35-31-27-23-19-15-11-7-3)67-56-55-66-78(64-53-46-42-38-34-30-26-22-18-14-10-6-2)71-73(80)60-51-50-52-61-75(82)84-68-57-48-44-40-36-32-28-24-20-16-12-8-4/h73-74,77,80-81H,5-72H2,1-4H3. The second kappa shape index (κ2) is 71.8. The molecule has 2 atom stereocenters. The van der Waals surface area contributed by atoms with E-state index in [0.29, 0.717) is 45.7 Å². The van der Waals surface area contributed by atoms with E-state index in [4.69, 9.17) is 9.47 Å². The van der Waals surface area contributed by atoms with E-state index in [9.17, 15) is 19.8 Å². The number of ether oxygens (including phenoxy) is 2. The third-order valence-electron chi connectivity index (χ3n) is 18.1. The summed E-state index contributed by atoms with van der Waals surface area (Å²) in [6, 6.07) is 0. The molecule has 0 rings (SSSR count). The smallest absolute Gasteiger partial charge is 0.305 e. The Labute approximate surface area is 531 Å². The molecule has 0 radical (unpaired) electrons. The fraction of sp³-hybridized carbons (Fsp3) is 0.974. The number of aliphatic hydroxyl groups is 2. The highest BCUT2D eigenvalue weighted by molar-refractivity contribution is 5.69. The average Bonchev–Trinajstić information content (AvgIpc) is 3.49. The number of carbonyl (C=O) groups excluding carboxylic acids is 2. The van der Waals surface area contributed by atoms with Gasteiger partial charge in [-0.3, -0.25) is 9.59 Å². The highest BCUT2D eigenvalue weighted by Gasteiger charge is 2.15. The first-order valence-corrected chi connectivity index (χ1v) is 38.7. The van der Waals surface area contributed by atoms with Crippen molar-refractivity contribution in [3.05, 3.63) is 0 Å². The molecule has 0 heterocycles. The van der Waals surface area contributed by atoms with E-state index in [-0.39, 0.29) is 18.0 Å². The first-order chi connectivity index (χ1) is 41.9. The van der Waals surface area contributed by atoms with Gasteiger partial charge in [0.1, 0.15) is 0 Å². The zero-order valence-corrected chi connectivity index (χ0v) is 58.2. The Balaban J connectivity index is 4.93. The summed E-state index contributed by atoms with van der Waals surface area (Å²) < 4.78 is 11.1. The van der Waals surface area contributed by atoms with E-state index >= 15 is 0 Å². The number of unbranched alkanes of at least 4 members (excludes halogenated alkanes) is 48. The van der Waals surface area contributed by atoms with Gasteiger partial charge in [0.2, 0.25) is 0 Å². The van der Waals surface area contributed by atoms with Crippen molar-refractivity contribution in [3.63, 3.8) is 0 Å². The van der Waals surface area contributed by atoms with Crippen molar-refractivity contribution < 1.29 is 29.3 Å². The van der Waals surface area contributed by atoms with Crippen LogP contribution in [0, 0.1) is 0 Å². The van der Waals surface area contributed by atoms with Crippen LogP contribution in [0.4, 0.5) is 0 Å². The van der Waals surface area contributed by atoms with Crippen molar-refractivity contribution in [3.8, 4) is 0 Å². The predicted molar refractivity (Wildman–Crippen MR) is 370 cm³/mol. The normalized spacial score (nSPS) is 12.5. The van der Waals surface area contributed by atoms with E-state index in [0.717, 1.165) is 103 Å². The third kappa shape index (κ3) is 68.5. The van der Waals surface area contributed by atoms with Crippen LogP contribution < -0.4 is 5.32 Å². The number of hydrogen-bond donors (Lipinski definition) is 3. The van der Waals surface area contributed by atoms with Crippen LogP contribution in [0.15, 0.2) is 0 Å². The SMILES string of the molecule is CCCCCCCCCCCCCCCOC(=O)CCCNCC(O)CN(CCCCCCCCCCCCCC)CCCCN(CCCCCCCCCCCCCC)CC(O)CCCCCC(=O)OCCCCCCCCCCCCCC. The highest BCUT2D eigenvalue weighted by atomic mass is 16.5. The van der Waals surface area contributed by atoms with Gasteiger partial charge in [0.25, 0.3) is 0 Å². The Morgan fingerprint density at radius 2 is 0.553 bits per heavy atom. The second-order valence-electron chi connectivity index (χ2n) is 26.9. The van der Waals surface area contributed by atoms with E-state index < -0.39 is 6.10 Å². The first-order valence-electron chi connectivity index (χ1n) is 38.7. The van der Waals surface area contributed by atoms with Crippen LogP contribution in [0.3, 0.4) is 0 Å². The molecule has 3 N–H and O–H groups in total. The Hall–Kier alpha value is -1.26. The lowest BCUT2D eigenvalue weighted by Crippen LogP contribution is -2.40. The van der Waals surface area contributed by atoms with Gasteiger partial charge in [0.05, 0.1) is 25.4 Å². The molecule has 9 heteroatoms. The summed E-state index contributed by atoms with van der Waals surface area (Å²) in [6.07, 6.45) is 71.5. The van der Waals surface area contributed by atoms with Gasteiger partial charge in [0.15, 0.2) is 0 Å². The van der Waals surface area contributed by atoms with Crippen LogP contribution in [0.25, 0.3) is 0 Å². The Morgan fingerprint density at radius 1 is 0.306 bits per heavy atom. The summed E-state index contributed by atoms with van der Waals surface area (Å²) in [6.45, 7) is 16.9. The molecule has 9 nitrogen and oxygen atoms in total. The Kier molecular flexibility index (Phi) is 70.7. The first kappa shape index (κ1) is 83.7. The topological polar surface area (TPSA) is 112 Å². The maximum absolute atomic E-state index is 12.5. The van der Waals surface area contributed by atoms with Gasteiger partial charge in [-0.05, 0) is 90.5 Å². The molecule has 0 fully saturated rings. The Morgan fingerprint density at radius 3 is 0.871 bits per heavy atom. The van der Waals surface area contributed by atoms with E-state index in [1.165, 1.54) is 289 Å². The minimum Gasteiger partial charge on any atom is -0.466 e. The molecule has 0 saturated heterocycles. The molecule has 508 valence electrons. The number of nitrogens with one attached hydrogen (secondary N) is 1. The molecule has 0 aromatic heterocycles. The molecule has 0 aliphatic carbocycles. The second-order valence-corrected chi connectivity index (χ2v) is 26.9. The van der Waals surface area contributed by atoms with Crippen molar-refractivity contribution in [1.82, 2.24) is 15.1 Å². The molecule has 0 saturated carbocycles. The summed E-state index contributed by atoms with van der Waals surface area (Å²) >= 11 is 0. The van der Waals surface area contributed by atoms with Crippen LogP contribution in [-0.4, -0.2) is 110 Å². The average molecular weight is 1210 g/mol. The quantitative estimate of drug-likeness (QED) is 0.0405. The molecule has 85 heavy (non-hydrogen) atoms. The third-order valence-corrected chi connectivity index (χ3v) is 18.1. The minimum absolute atomic E-state index is 0.0586. The van der Waals surface area contributed by atoms with E-state index in [1.54, 1.807) is 0 Å². The Bertz CT molecular complexity index is 1290. The fourth-order valence-corrected chi connectivity index (χ4v) is 12.4. The molecule has 0 aromatic carbocycles. The summed E-state index contributed by atoms with van der Waals surface area (Å²) in [5.74, 6) is -0.153. The van der Waals surface area contributed by atoms with Crippen molar-refractivity contribution in [2.45, 2.75) is 412 Å². The fourth-order valence-electron chi connectivity index (χ4n) is 12.4. The molecular weight excluding hydrogens is 1050 g/mol.